The second-order valence-corrected chi connectivity index (χ2v) is 12.5. The van der Waals surface area contributed by atoms with Crippen LogP contribution in [-0.2, 0) is 9.59 Å². The Bertz CT molecular complexity index is 1970. The van der Waals surface area contributed by atoms with Crippen LogP contribution in [0.3, 0.4) is 0 Å². The zero-order valence-corrected chi connectivity index (χ0v) is 28.7. The van der Waals surface area contributed by atoms with Crippen LogP contribution in [0, 0.1) is 0 Å². The molecule has 5 aromatic carbocycles. The first-order valence-corrected chi connectivity index (χ1v) is 16.6. The van der Waals surface area contributed by atoms with Crippen LogP contribution >= 0.6 is 35.0 Å². The van der Waals surface area contributed by atoms with Gasteiger partial charge in [-0.05, 0) is 84.4 Å². The van der Waals surface area contributed by atoms with Gasteiger partial charge in [0.1, 0.15) is 22.4 Å². The van der Waals surface area contributed by atoms with E-state index in [0.717, 1.165) is 10.5 Å². The molecule has 5 aromatic rings. The van der Waals surface area contributed by atoms with Crippen LogP contribution in [0.2, 0.25) is 10.0 Å². The number of thioether (sulfide) groups is 1. The molecule has 0 spiro atoms. The van der Waals surface area contributed by atoms with Crippen molar-refractivity contribution in [1.82, 2.24) is 5.32 Å². The number of hydrogen-bond donors (Lipinski definition) is 3. The predicted molar refractivity (Wildman–Crippen MR) is 197 cm³/mol. The number of anilines is 2. The Hall–Kier alpha value is -5.22. The van der Waals surface area contributed by atoms with Gasteiger partial charge in [-0.1, -0.05) is 71.7 Å². The fourth-order valence-corrected chi connectivity index (χ4v) is 6.17. The summed E-state index contributed by atoms with van der Waals surface area (Å²) >= 11 is 13.7. The molecule has 8 nitrogen and oxygen atoms in total. The molecule has 0 aliphatic heterocycles. The topological polar surface area (TPSA) is 106 Å². The molecule has 1 unspecified atom stereocenters. The van der Waals surface area contributed by atoms with Gasteiger partial charge in [0.25, 0.3) is 11.8 Å². The minimum atomic E-state index is -0.617. The number of nitrogens with one attached hydrogen (secondary N) is 3. The highest BCUT2D eigenvalue weighted by Gasteiger charge is 2.23. The van der Waals surface area contributed by atoms with Crippen molar-refractivity contribution in [1.29, 1.82) is 0 Å². The third-order valence-electron chi connectivity index (χ3n) is 7.16. The van der Waals surface area contributed by atoms with Crippen molar-refractivity contribution in [3.63, 3.8) is 0 Å². The van der Waals surface area contributed by atoms with E-state index in [9.17, 15) is 14.4 Å². The maximum Gasteiger partial charge on any atom is 0.272 e. The first-order chi connectivity index (χ1) is 23.7. The number of methoxy groups -OCH3 is 2. The molecular formula is C38H31Cl2N3O5S. The molecule has 0 aliphatic rings. The van der Waals surface area contributed by atoms with E-state index in [2.05, 4.69) is 16.0 Å². The van der Waals surface area contributed by atoms with Crippen LogP contribution in [0.4, 0.5) is 11.4 Å². The number of carbonyl (C=O) groups is 3. The van der Waals surface area contributed by atoms with Gasteiger partial charge in [-0.2, -0.15) is 0 Å². The van der Waals surface area contributed by atoms with Crippen molar-refractivity contribution in [3.8, 4) is 11.5 Å². The fraction of sp³-hybridized carbons (Fsp3) is 0.0789. The number of carbonyl (C=O) groups excluding carboxylic acids is 3. The average molecular weight is 713 g/mol. The summed E-state index contributed by atoms with van der Waals surface area (Å²) in [5.74, 6) is -0.254. The van der Waals surface area contributed by atoms with E-state index < -0.39 is 17.1 Å². The number of hydrogen-bond acceptors (Lipinski definition) is 6. The van der Waals surface area contributed by atoms with Gasteiger partial charge in [-0.3, -0.25) is 14.4 Å². The number of halogens is 2. The molecule has 5 rings (SSSR count). The Morgan fingerprint density at radius 1 is 0.755 bits per heavy atom. The summed E-state index contributed by atoms with van der Waals surface area (Å²) in [6.07, 6.45) is 1.53. The van der Waals surface area contributed by atoms with Crippen molar-refractivity contribution in [3.05, 3.63) is 154 Å². The summed E-state index contributed by atoms with van der Waals surface area (Å²) < 4.78 is 10.8. The minimum absolute atomic E-state index is 0.0134. The normalized spacial score (nSPS) is 11.6. The monoisotopic (exact) mass is 711 g/mol. The molecule has 0 saturated heterocycles. The van der Waals surface area contributed by atoms with E-state index in [-0.39, 0.29) is 11.6 Å². The molecule has 1 atom stereocenters. The first kappa shape index (κ1) is 35.1. The van der Waals surface area contributed by atoms with Gasteiger partial charge in [-0.15, -0.1) is 11.8 Å². The van der Waals surface area contributed by atoms with Gasteiger partial charge in [0, 0.05) is 26.7 Å². The van der Waals surface area contributed by atoms with E-state index >= 15 is 0 Å². The summed E-state index contributed by atoms with van der Waals surface area (Å²) in [6, 6.07) is 35.0. The Balaban J connectivity index is 1.37. The van der Waals surface area contributed by atoms with Crippen molar-refractivity contribution >= 4 is 70.1 Å². The molecule has 0 aromatic heterocycles. The molecule has 0 saturated carbocycles. The molecular weight excluding hydrogens is 681 g/mol. The van der Waals surface area contributed by atoms with Gasteiger partial charge in [0.15, 0.2) is 0 Å². The van der Waals surface area contributed by atoms with Crippen molar-refractivity contribution < 1.29 is 23.9 Å². The zero-order valence-electron chi connectivity index (χ0n) is 26.4. The highest BCUT2D eigenvalue weighted by atomic mass is 35.5. The van der Waals surface area contributed by atoms with Crippen molar-refractivity contribution in [2.75, 3.05) is 24.9 Å². The molecule has 0 bridgehead atoms. The van der Waals surface area contributed by atoms with Crippen molar-refractivity contribution in [2.45, 2.75) is 10.1 Å². The summed E-state index contributed by atoms with van der Waals surface area (Å²) in [7, 11) is 3.05. The molecule has 0 radical (unpaired) electrons. The number of rotatable bonds is 12. The zero-order chi connectivity index (χ0) is 34.8. The molecule has 248 valence electrons. The third kappa shape index (κ3) is 9.45. The maximum absolute atomic E-state index is 13.7. The number of benzene rings is 5. The SMILES string of the molecule is COc1ccc(OC)c(/C=C(\NC(=O)c2ccccc2)C(=O)Nc2ccc(SC(C(=O)Nc3ccc(Cl)cc3Cl)c3ccccc3)cc2)c1. The van der Waals surface area contributed by atoms with Gasteiger partial charge in [-0.25, -0.2) is 0 Å². The quantitative estimate of drug-likeness (QED) is 0.0882. The van der Waals surface area contributed by atoms with E-state index in [0.29, 0.717) is 44.0 Å². The molecule has 0 aliphatic carbocycles. The van der Waals surface area contributed by atoms with Crippen LogP contribution in [0.15, 0.2) is 132 Å². The Morgan fingerprint density at radius 3 is 2.10 bits per heavy atom. The summed E-state index contributed by atoms with van der Waals surface area (Å²) in [6.45, 7) is 0. The summed E-state index contributed by atoms with van der Waals surface area (Å²) in [5.41, 5.74) is 2.61. The lowest BCUT2D eigenvalue weighted by molar-refractivity contribution is -0.116. The lowest BCUT2D eigenvalue weighted by atomic mass is 10.1. The second kappa shape index (κ2) is 16.7. The third-order valence-corrected chi connectivity index (χ3v) is 8.98. The Morgan fingerprint density at radius 2 is 1.45 bits per heavy atom. The van der Waals surface area contributed by atoms with E-state index in [1.807, 2.05) is 30.3 Å². The molecule has 0 heterocycles. The number of ether oxygens (including phenoxy) is 2. The number of amides is 3. The Kier molecular flexibility index (Phi) is 12.0. The predicted octanol–water partition coefficient (Wildman–Crippen LogP) is 8.89. The minimum Gasteiger partial charge on any atom is -0.497 e. The second-order valence-electron chi connectivity index (χ2n) is 10.5. The van der Waals surface area contributed by atoms with Crippen LogP contribution in [0.1, 0.15) is 26.7 Å². The maximum atomic E-state index is 13.7. The summed E-state index contributed by atoms with van der Waals surface area (Å²) in [4.78, 5) is 41.1. The lowest BCUT2D eigenvalue weighted by Gasteiger charge is -2.18. The highest BCUT2D eigenvalue weighted by molar-refractivity contribution is 8.00. The molecule has 49 heavy (non-hydrogen) atoms. The van der Waals surface area contributed by atoms with Gasteiger partial charge >= 0.3 is 0 Å². The van der Waals surface area contributed by atoms with Gasteiger partial charge < -0.3 is 25.4 Å². The van der Waals surface area contributed by atoms with Gasteiger partial charge in [0.2, 0.25) is 5.91 Å². The summed E-state index contributed by atoms with van der Waals surface area (Å²) in [5, 5.41) is 8.67. The first-order valence-electron chi connectivity index (χ1n) is 14.9. The average Bonchev–Trinajstić information content (AvgIpc) is 3.12. The standard InChI is InChI=1S/C38H31Cl2N3O5S/c1-47-29-16-20-34(48-2)26(21-29)22-33(43-36(44)25-11-7-4-8-12-25)37(45)41-28-14-17-30(18-15-28)49-35(24-9-5-3-6-10-24)38(46)42-32-19-13-27(39)23-31(32)40/h3-23,35H,1-2H3,(H,41,45)(H,42,46)(H,43,44)/b33-22-. The molecule has 11 heteroatoms. The van der Waals surface area contributed by atoms with Crippen molar-refractivity contribution in [2.24, 2.45) is 0 Å². The van der Waals surface area contributed by atoms with E-state index in [4.69, 9.17) is 32.7 Å². The van der Waals surface area contributed by atoms with Gasteiger partial charge in [0.05, 0.1) is 24.9 Å². The largest absolute Gasteiger partial charge is 0.497 e. The van der Waals surface area contributed by atoms with Crippen LogP contribution in [0.5, 0.6) is 11.5 Å². The lowest BCUT2D eigenvalue weighted by Crippen LogP contribution is -2.30. The molecule has 0 fully saturated rings. The smallest absolute Gasteiger partial charge is 0.272 e. The van der Waals surface area contributed by atoms with E-state index in [1.54, 1.807) is 91.0 Å². The Labute approximate surface area is 298 Å². The van der Waals surface area contributed by atoms with Crippen LogP contribution < -0.4 is 25.4 Å². The van der Waals surface area contributed by atoms with E-state index in [1.165, 1.54) is 32.1 Å². The van der Waals surface area contributed by atoms with Crippen LogP contribution in [-0.4, -0.2) is 31.9 Å². The highest BCUT2D eigenvalue weighted by Crippen LogP contribution is 2.37. The van der Waals surface area contributed by atoms with Crippen LogP contribution in [0.25, 0.3) is 6.08 Å². The fourth-order valence-electron chi connectivity index (χ4n) is 4.69. The molecule has 3 amide bonds. The molecule has 3 N–H and O–H groups in total.